The van der Waals surface area contributed by atoms with Crippen LogP contribution in [-0.4, -0.2) is 65.4 Å². The zero-order chi connectivity index (χ0) is 23.5. The number of carbonyl (C=O) groups is 1. The monoisotopic (exact) mass is 481 g/mol. The molecule has 34 heavy (non-hydrogen) atoms. The fourth-order valence-electron chi connectivity index (χ4n) is 3.88. The number of benzene rings is 2. The number of anilines is 2. The predicted octanol–water partition coefficient (Wildman–Crippen LogP) is 3.30. The van der Waals surface area contributed by atoms with Crippen molar-refractivity contribution in [3.8, 4) is 17.2 Å². The molecule has 1 atom stereocenters. The van der Waals surface area contributed by atoms with Crippen molar-refractivity contribution in [2.75, 3.05) is 49.7 Å². The quantitative estimate of drug-likeness (QED) is 0.537. The van der Waals surface area contributed by atoms with Crippen molar-refractivity contribution in [1.82, 2.24) is 14.8 Å². The molecular weight excluding hydrogens is 454 g/mol. The molecule has 1 amide bonds. The van der Waals surface area contributed by atoms with E-state index in [1.54, 1.807) is 6.07 Å². The van der Waals surface area contributed by atoms with Gasteiger partial charge in [-0.25, -0.2) is 0 Å². The third-order valence-electron chi connectivity index (χ3n) is 5.63. The van der Waals surface area contributed by atoms with Gasteiger partial charge < -0.3 is 24.4 Å². The number of aryl methyl sites for hydroxylation is 1. The molecule has 0 saturated carbocycles. The van der Waals surface area contributed by atoms with E-state index in [-0.39, 0.29) is 5.91 Å². The van der Waals surface area contributed by atoms with Crippen molar-refractivity contribution < 1.29 is 19.0 Å². The lowest BCUT2D eigenvalue weighted by atomic mass is 10.2. The van der Waals surface area contributed by atoms with E-state index >= 15 is 0 Å². The Bertz CT molecular complexity index is 1180. The van der Waals surface area contributed by atoms with Gasteiger partial charge in [-0.1, -0.05) is 23.9 Å². The van der Waals surface area contributed by atoms with Gasteiger partial charge in [0, 0.05) is 24.8 Å². The van der Waals surface area contributed by atoms with Crippen LogP contribution in [0.15, 0.2) is 47.6 Å². The number of thioether (sulfide) groups is 1. The molecule has 9 nitrogen and oxygen atoms in total. The van der Waals surface area contributed by atoms with Crippen molar-refractivity contribution in [2.24, 2.45) is 0 Å². The molecular formula is C24H27N5O4S. The number of morpholine rings is 1. The lowest BCUT2D eigenvalue weighted by molar-refractivity contribution is -0.115. The molecule has 0 radical (unpaired) electrons. The van der Waals surface area contributed by atoms with Crippen LogP contribution in [0.3, 0.4) is 0 Å². The molecule has 0 bridgehead atoms. The van der Waals surface area contributed by atoms with E-state index in [0.29, 0.717) is 48.8 Å². The lowest BCUT2D eigenvalue weighted by Gasteiger charge is -2.28. The molecule has 5 rings (SSSR count). The first-order valence-electron chi connectivity index (χ1n) is 11.3. The van der Waals surface area contributed by atoms with Gasteiger partial charge in [0.05, 0.1) is 24.2 Å². The summed E-state index contributed by atoms with van der Waals surface area (Å²) in [5, 5.41) is 12.2. The van der Waals surface area contributed by atoms with E-state index in [1.807, 2.05) is 35.8 Å². The first-order valence-corrected chi connectivity index (χ1v) is 12.2. The van der Waals surface area contributed by atoms with Gasteiger partial charge >= 0.3 is 0 Å². The highest BCUT2D eigenvalue weighted by molar-refractivity contribution is 8.00. The maximum atomic E-state index is 13.0. The van der Waals surface area contributed by atoms with Gasteiger partial charge in [0.1, 0.15) is 13.2 Å². The average Bonchev–Trinajstić information content (AvgIpc) is 3.28. The molecule has 0 unspecified atom stereocenters. The van der Waals surface area contributed by atoms with E-state index < -0.39 is 5.25 Å². The Morgan fingerprint density at radius 3 is 2.62 bits per heavy atom. The van der Waals surface area contributed by atoms with Crippen LogP contribution in [0.1, 0.15) is 12.5 Å². The number of nitrogens with zero attached hydrogens (tertiary/aromatic N) is 4. The minimum Gasteiger partial charge on any atom is -0.486 e. The fraction of sp³-hybridized carbons (Fsp3) is 0.375. The first kappa shape index (κ1) is 22.5. The van der Waals surface area contributed by atoms with Gasteiger partial charge in [-0.05, 0) is 43.7 Å². The molecule has 2 aliphatic heterocycles. The predicted molar refractivity (Wildman–Crippen MR) is 131 cm³/mol. The number of hydrogen-bond donors (Lipinski definition) is 1. The molecule has 2 aliphatic rings. The van der Waals surface area contributed by atoms with Gasteiger partial charge in [-0.2, -0.15) is 0 Å². The van der Waals surface area contributed by atoms with Gasteiger partial charge in [0.15, 0.2) is 16.7 Å². The molecule has 1 aromatic heterocycles. The highest BCUT2D eigenvalue weighted by Gasteiger charge is 2.25. The summed E-state index contributed by atoms with van der Waals surface area (Å²) in [6, 6.07) is 13.6. The number of rotatable bonds is 6. The Hall–Kier alpha value is -3.24. The molecule has 3 aromatic rings. The van der Waals surface area contributed by atoms with Crippen LogP contribution in [0.5, 0.6) is 11.5 Å². The van der Waals surface area contributed by atoms with Crippen molar-refractivity contribution in [3.05, 3.63) is 48.0 Å². The van der Waals surface area contributed by atoms with Gasteiger partial charge in [-0.3, -0.25) is 9.36 Å². The van der Waals surface area contributed by atoms with Crippen molar-refractivity contribution in [2.45, 2.75) is 24.3 Å². The molecule has 178 valence electrons. The Labute approximate surface area is 202 Å². The smallest absolute Gasteiger partial charge is 0.237 e. The first-order chi connectivity index (χ1) is 16.6. The van der Waals surface area contributed by atoms with Crippen LogP contribution < -0.4 is 19.7 Å². The van der Waals surface area contributed by atoms with Crippen LogP contribution in [-0.2, 0) is 9.53 Å². The summed E-state index contributed by atoms with van der Waals surface area (Å²) in [4.78, 5) is 15.2. The van der Waals surface area contributed by atoms with Crippen molar-refractivity contribution in [1.29, 1.82) is 0 Å². The topological polar surface area (TPSA) is 90.7 Å². The van der Waals surface area contributed by atoms with Gasteiger partial charge in [0.2, 0.25) is 11.9 Å². The van der Waals surface area contributed by atoms with Gasteiger partial charge in [0.25, 0.3) is 0 Å². The molecule has 3 heterocycles. The largest absolute Gasteiger partial charge is 0.486 e. The second-order valence-corrected chi connectivity index (χ2v) is 9.47. The standard InChI is InChI=1S/C24H27N5O4S/c1-16-4-3-5-19(14-16)29-23(28-8-10-31-11-9-28)26-27-24(29)34-17(2)22(30)25-18-6-7-20-21(15-18)33-13-12-32-20/h3-7,14-15,17H,8-13H2,1-2H3,(H,25,30)/t17-/m0/s1. The van der Waals surface area contributed by atoms with E-state index in [2.05, 4.69) is 39.5 Å². The summed E-state index contributed by atoms with van der Waals surface area (Å²) >= 11 is 1.38. The summed E-state index contributed by atoms with van der Waals surface area (Å²) in [5.74, 6) is 1.96. The highest BCUT2D eigenvalue weighted by atomic mass is 32.2. The average molecular weight is 482 g/mol. The minimum atomic E-state index is -0.404. The summed E-state index contributed by atoms with van der Waals surface area (Å²) in [6.45, 7) is 7.73. The zero-order valence-electron chi connectivity index (χ0n) is 19.2. The minimum absolute atomic E-state index is 0.131. The molecule has 2 aromatic carbocycles. The molecule has 0 spiro atoms. The third kappa shape index (κ3) is 4.83. The van der Waals surface area contributed by atoms with E-state index in [0.717, 1.165) is 30.3 Å². The number of ether oxygens (including phenoxy) is 3. The number of nitrogens with one attached hydrogen (secondary N) is 1. The third-order valence-corrected chi connectivity index (χ3v) is 6.67. The molecule has 10 heteroatoms. The Balaban J connectivity index is 1.36. The normalized spacial score (nSPS) is 16.2. The van der Waals surface area contributed by atoms with E-state index in [4.69, 9.17) is 14.2 Å². The summed E-state index contributed by atoms with van der Waals surface area (Å²) in [6.07, 6.45) is 0. The Kier molecular flexibility index (Phi) is 6.59. The molecule has 0 aliphatic carbocycles. The van der Waals surface area contributed by atoms with Crippen LogP contribution in [0.2, 0.25) is 0 Å². The number of fused-ring (bicyclic) bond motifs is 1. The fourth-order valence-corrected chi connectivity index (χ4v) is 4.74. The second kappa shape index (κ2) is 9.94. The number of carbonyl (C=O) groups excluding carboxylic acids is 1. The summed E-state index contributed by atoms with van der Waals surface area (Å²) < 4.78 is 18.7. The van der Waals surface area contributed by atoms with Crippen molar-refractivity contribution in [3.63, 3.8) is 0 Å². The maximum Gasteiger partial charge on any atom is 0.237 e. The van der Waals surface area contributed by atoms with Crippen LogP contribution in [0, 0.1) is 6.92 Å². The molecule has 1 fully saturated rings. The SMILES string of the molecule is Cc1cccc(-n2c(S[C@@H](C)C(=O)Nc3ccc4c(c3)OCCO4)nnc2N2CCOCC2)c1. The maximum absolute atomic E-state index is 13.0. The highest BCUT2D eigenvalue weighted by Crippen LogP contribution is 2.34. The van der Waals surface area contributed by atoms with E-state index in [1.165, 1.54) is 11.8 Å². The van der Waals surface area contributed by atoms with Crippen LogP contribution in [0.4, 0.5) is 11.6 Å². The van der Waals surface area contributed by atoms with Crippen LogP contribution in [0.25, 0.3) is 5.69 Å². The summed E-state index contributed by atoms with van der Waals surface area (Å²) in [5.41, 5.74) is 2.77. The second-order valence-electron chi connectivity index (χ2n) is 8.16. The molecule has 1 saturated heterocycles. The Morgan fingerprint density at radius 1 is 1.03 bits per heavy atom. The van der Waals surface area contributed by atoms with E-state index in [9.17, 15) is 4.79 Å². The van der Waals surface area contributed by atoms with Crippen LogP contribution >= 0.6 is 11.8 Å². The summed E-state index contributed by atoms with van der Waals surface area (Å²) in [7, 11) is 0. The number of aromatic nitrogens is 3. The Morgan fingerprint density at radius 2 is 1.82 bits per heavy atom. The lowest BCUT2D eigenvalue weighted by Crippen LogP contribution is -2.38. The number of amides is 1. The molecule has 1 N–H and O–H groups in total. The van der Waals surface area contributed by atoms with Gasteiger partial charge in [-0.15, -0.1) is 10.2 Å². The number of hydrogen-bond acceptors (Lipinski definition) is 8. The van der Waals surface area contributed by atoms with Crippen molar-refractivity contribution >= 4 is 29.3 Å². The zero-order valence-corrected chi connectivity index (χ0v) is 20.0.